The summed E-state index contributed by atoms with van der Waals surface area (Å²) in [5, 5.41) is 7.33. The van der Waals surface area contributed by atoms with Crippen LogP contribution < -0.4 is 5.32 Å². The lowest BCUT2D eigenvalue weighted by Crippen LogP contribution is -2.33. The molecule has 1 amide bonds. The molecule has 0 bridgehead atoms. The number of aromatic nitrogens is 3. The predicted molar refractivity (Wildman–Crippen MR) is 101 cm³/mol. The first-order valence-corrected chi connectivity index (χ1v) is 9.30. The van der Waals surface area contributed by atoms with E-state index in [0.29, 0.717) is 18.2 Å². The van der Waals surface area contributed by atoms with Crippen molar-refractivity contribution in [3.8, 4) is 11.1 Å². The van der Waals surface area contributed by atoms with Crippen molar-refractivity contribution >= 4 is 11.9 Å². The van der Waals surface area contributed by atoms with Crippen LogP contribution in [0.25, 0.3) is 11.1 Å². The summed E-state index contributed by atoms with van der Waals surface area (Å²) in [4.78, 5) is 28.3. The first-order valence-electron chi connectivity index (χ1n) is 9.30. The Labute approximate surface area is 159 Å². The van der Waals surface area contributed by atoms with Gasteiger partial charge in [-0.2, -0.15) is 5.10 Å². The maximum absolute atomic E-state index is 12.5. The summed E-state index contributed by atoms with van der Waals surface area (Å²) >= 11 is 0. The van der Waals surface area contributed by atoms with Crippen LogP contribution in [0.4, 0.5) is 0 Å². The zero-order chi connectivity index (χ0) is 19.4. The van der Waals surface area contributed by atoms with Gasteiger partial charge in [-0.1, -0.05) is 0 Å². The molecule has 2 aromatic heterocycles. The molecule has 2 heterocycles. The normalized spacial score (nSPS) is 19.5. The van der Waals surface area contributed by atoms with Crippen molar-refractivity contribution < 1.29 is 14.3 Å². The lowest BCUT2D eigenvalue weighted by atomic mass is 9.82. The second-order valence-corrected chi connectivity index (χ2v) is 7.18. The fraction of sp³-hybridized carbons (Fsp3) is 0.500. The van der Waals surface area contributed by atoms with E-state index in [4.69, 9.17) is 4.74 Å². The number of pyridine rings is 1. The lowest BCUT2D eigenvalue weighted by molar-refractivity contribution is -0.146. The molecular formula is C20H26N4O3. The number of nitrogens with zero attached hydrogens (tertiary/aromatic N) is 3. The third-order valence-corrected chi connectivity index (χ3v) is 5.25. The zero-order valence-corrected chi connectivity index (χ0v) is 16.1. The lowest BCUT2D eigenvalue weighted by Gasteiger charge is -2.26. The van der Waals surface area contributed by atoms with Gasteiger partial charge in [0, 0.05) is 31.5 Å². The summed E-state index contributed by atoms with van der Waals surface area (Å²) in [6.07, 6.45) is 7.07. The minimum atomic E-state index is -0.173. The van der Waals surface area contributed by atoms with Crippen molar-refractivity contribution in [3.63, 3.8) is 0 Å². The fourth-order valence-electron chi connectivity index (χ4n) is 3.70. The number of amides is 1. The van der Waals surface area contributed by atoms with Crippen molar-refractivity contribution in [1.29, 1.82) is 0 Å². The Morgan fingerprint density at radius 1 is 1.30 bits per heavy atom. The largest absolute Gasteiger partial charge is 0.469 e. The van der Waals surface area contributed by atoms with Crippen molar-refractivity contribution in [1.82, 2.24) is 20.1 Å². The number of nitrogens with one attached hydrogen (secondary N) is 1. The molecule has 144 valence electrons. The van der Waals surface area contributed by atoms with Gasteiger partial charge in [-0.25, -0.2) is 0 Å². The molecule has 0 unspecified atom stereocenters. The highest BCUT2D eigenvalue weighted by molar-refractivity contribution is 5.93. The molecule has 0 aromatic carbocycles. The first kappa shape index (κ1) is 19.1. The van der Waals surface area contributed by atoms with Gasteiger partial charge >= 0.3 is 5.97 Å². The number of carbonyl (C=O) groups is 2. The molecule has 0 radical (unpaired) electrons. The third-order valence-electron chi connectivity index (χ3n) is 5.25. The smallest absolute Gasteiger partial charge is 0.308 e. The van der Waals surface area contributed by atoms with Crippen LogP contribution in [0.5, 0.6) is 0 Å². The Morgan fingerprint density at radius 2 is 2.04 bits per heavy atom. The van der Waals surface area contributed by atoms with Gasteiger partial charge in [0.25, 0.3) is 5.91 Å². The van der Waals surface area contributed by atoms with Crippen LogP contribution >= 0.6 is 0 Å². The van der Waals surface area contributed by atoms with E-state index in [1.54, 1.807) is 16.9 Å². The first-order chi connectivity index (χ1) is 13.0. The van der Waals surface area contributed by atoms with E-state index in [0.717, 1.165) is 42.5 Å². The van der Waals surface area contributed by atoms with E-state index in [1.165, 1.54) is 7.11 Å². The van der Waals surface area contributed by atoms with Crippen molar-refractivity contribution in [3.05, 3.63) is 35.9 Å². The minimum Gasteiger partial charge on any atom is -0.469 e. The van der Waals surface area contributed by atoms with Crippen LogP contribution in [0.1, 0.15) is 41.9 Å². The van der Waals surface area contributed by atoms with Gasteiger partial charge in [0.1, 0.15) is 5.69 Å². The third kappa shape index (κ3) is 4.53. The highest BCUT2D eigenvalue weighted by atomic mass is 16.5. The van der Waals surface area contributed by atoms with Gasteiger partial charge in [-0.05, 0) is 56.2 Å². The number of esters is 1. The summed E-state index contributed by atoms with van der Waals surface area (Å²) in [5.41, 5.74) is 3.24. The second-order valence-electron chi connectivity index (χ2n) is 7.18. The highest BCUT2D eigenvalue weighted by Gasteiger charge is 2.27. The second kappa shape index (κ2) is 8.33. The number of carbonyl (C=O) groups excluding carboxylic acids is 2. The van der Waals surface area contributed by atoms with Crippen LogP contribution in [-0.2, 0) is 16.6 Å². The zero-order valence-electron chi connectivity index (χ0n) is 16.1. The Morgan fingerprint density at radius 3 is 2.67 bits per heavy atom. The Kier molecular flexibility index (Phi) is 5.88. The van der Waals surface area contributed by atoms with E-state index in [-0.39, 0.29) is 17.8 Å². The van der Waals surface area contributed by atoms with Gasteiger partial charge in [0.15, 0.2) is 0 Å². The van der Waals surface area contributed by atoms with Crippen LogP contribution in [0.15, 0.2) is 24.5 Å². The molecule has 0 atom stereocenters. The Balaban J connectivity index is 1.57. The average molecular weight is 370 g/mol. The number of methoxy groups -OCH3 is 1. The number of aryl methyl sites for hydroxylation is 2. The standard InChI is InChI=1S/C20H26N4O3/c1-13-17(12-24(2)23-13)16-8-9-21-18(10-16)19(25)22-11-14-4-6-15(7-5-14)20(26)27-3/h8-10,12,14-15H,4-7,11H2,1-3H3,(H,22,25). The molecule has 1 fully saturated rings. The monoisotopic (exact) mass is 370 g/mol. The van der Waals surface area contributed by atoms with E-state index >= 15 is 0 Å². The fourth-order valence-corrected chi connectivity index (χ4v) is 3.70. The maximum Gasteiger partial charge on any atom is 0.308 e. The maximum atomic E-state index is 12.5. The van der Waals surface area contributed by atoms with Gasteiger partial charge in [0.05, 0.1) is 18.7 Å². The number of ether oxygens (including phenoxy) is 1. The van der Waals surface area contributed by atoms with Crippen molar-refractivity contribution in [2.75, 3.05) is 13.7 Å². The molecule has 1 aliphatic rings. The average Bonchev–Trinajstić information content (AvgIpc) is 3.04. The van der Waals surface area contributed by atoms with Gasteiger partial charge in [0.2, 0.25) is 0 Å². The van der Waals surface area contributed by atoms with E-state index in [9.17, 15) is 9.59 Å². The highest BCUT2D eigenvalue weighted by Crippen LogP contribution is 2.29. The number of hydrogen-bond donors (Lipinski definition) is 1. The summed E-state index contributed by atoms with van der Waals surface area (Å²) < 4.78 is 6.58. The van der Waals surface area contributed by atoms with Crippen LogP contribution in [-0.4, -0.2) is 40.3 Å². The van der Waals surface area contributed by atoms with Gasteiger partial charge in [-0.15, -0.1) is 0 Å². The van der Waals surface area contributed by atoms with E-state index < -0.39 is 0 Å². The summed E-state index contributed by atoms with van der Waals surface area (Å²) in [7, 11) is 3.31. The van der Waals surface area contributed by atoms with E-state index in [1.807, 2.05) is 26.2 Å². The van der Waals surface area contributed by atoms with Crippen LogP contribution in [0.3, 0.4) is 0 Å². The van der Waals surface area contributed by atoms with Gasteiger partial charge in [-0.3, -0.25) is 19.3 Å². The summed E-state index contributed by atoms with van der Waals surface area (Å²) in [6, 6.07) is 3.68. The molecule has 0 aliphatic heterocycles. The molecule has 7 nitrogen and oxygen atoms in total. The molecular weight excluding hydrogens is 344 g/mol. The molecule has 1 saturated carbocycles. The summed E-state index contributed by atoms with van der Waals surface area (Å²) in [5.74, 6) is 0.0966. The molecule has 7 heteroatoms. The SMILES string of the molecule is COC(=O)C1CCC(CNC(=O)c2cc(-c3cn(C)nc3C)ccn2)CC1. The summed E-state index contributed by atoms with van der Waals surface area (Å²) in [6.45, 7) is 2.55. The number of rotatable bonds is 5. The van der Waals surface area contributed by atoms with E-state index in [2.05, 4.69) is 15.4 Å². The Hall–Kier alpha value is -2.70. The van der Waals surface area contributed by atoms with Crippen LogP contribution in [0.2, 0.25) is 0 Å². The minimum absolute atomic E-state index is 0.00280. The van der Waals surface area contributed by atoms with Crippen LogP contribution in [0, 0.1) is 18.8 Å². The predicted octanol–water partition coefficient (Wildman–Crippen LogP) is 2.50. The van der Waals surface area contributed by atoms with Crippen molar-refractivity contribution in [2.24, 2.45) is 18.9 Å². The van der Waals surface area contributed by atoms with Crippen molar-refractivity contribution in [2.45, 2.75) is 32.6 Å². The molecule has 3 rings (SSSR count). The quantitative estimate of drug-likeness (QED) is 0.817. The molecule has 1 aliphatic carbocycles. The molecule has 1 N–H and O–H groups in total. The molecule has 27 heavy (non-hydrogen) atoms. The Bertz CT molecular complexity index is 822. The molecule has 0 spiro atoms. The molecule has 0 saturated heterocycles. The van der Waals surface area contributed by atoms with Gasteiger partial charge < -0.3 is 10.1 Å². The molecule has 2 aromatic rings. The number of hydrogen-bond acceptors (Lipinski definition) is 5. The topological polar surface area (TPSA) is 86.1 Å².